The minimum absolute atomic E-state index is 0.165. The fraction of sp³-hybridized carbons (Fsp3) is 0.538. The van der Waals surface area contributed by atoms with Crippen LogP contribution in [0.1, 0.15) is 31.9 Å². The Hall–Kier alpha value is -1.60. The molecule has 0 aliphatic heterocycles. The normalized spacial score (nSPS) is 13.8. The Bertz CT molecular complexity index is 397. The molecule has 0 fully saturated rings. The maximum absolute atomic E-state index is 8.75. The monoisotopic (exact) mass is 232 g/mol. The average Bonchev–Trinajstić information content (AvgIpc) is 2.37. The van der Waals surface area contributed by atoms with Crippen molar-refractivity contribution in [1.82, 2.24) is 10.3 Å². The summed E-state index contributed by atoms with van der Waals surface area (Å²) < 4.78 is 0. The molecule has 2 unspecified atom stereocenters. The first-order valence-corrected chi connectivity index (χ1v) is 5.83. The van der Waals surface area contributed by atoms with Crippen molar-refractivity contribution in [2.24, 2.45) is 0 Å². The van der Waals surface area contributed by atoms with Gasteiger partial charge in [-0.1, -0.05) is 6.07 Å². The van der Waals surface area contributed by atoms with Gasteiger partial charge < -0.3 is 10.2 Å². The molecule has 0 aliphatic rings. The highest BCUT2D eigenvalue weighted by molar-refractivity contribution is 5.48. The molecule has 17 heavy (non-hydrogen) atoms. The number of anilines is 1. The molecule has 1 aromatic rings. The van der Waals surface area contributed by atoms with Gasteiger partial charge in [-0.05, 0) is 27.0 Å². The van der Waals surface area contributed by atoms with Gasteiger partial charge in [-0.25, -0.2) is 4.98 Å². The third-order valence-electron chi connectivity index (χ3n) is 3.10. The second kappa shape index (κ2) is 6.21. The van der Waals surface area contributed by atoms with E-state index in [9.17, 15) is 0 Å². The molecule has 1 N–H and O–H groups in total. The molecular weight excluding hydrogens is 212 g/mol. The highest BCUT2D eigenvalue weighted by Crippen LogP contribution is 2.24. The second-order valence-corrected chi connectivity index (χ2v) is 4.25. The number of nitriles is 1. The molecule has 0 aliphatic carbocycles. The summed E-state index contributed by atoms with van der Waals surface area (Å²) in [5.74, 6) is 0.942. The molecule has 4 heteroatoms. The maximum Gasteiger partial charge on any atom is 0.133 e. The molecule has 0 bridgehead atoms. The van der Waals surface area contributed by atoms with Crippen LogP contribution in [0.2, 0.25) is 0 Å². The van der Waals surface area contributed by atoms with Gasteiger partial charge in [-0.2, -0.15) is 5.26 Å². The van der Waals surface area contributed by atoms with Crippen LogP contribution < -0.4 is 10.2 Å². The van der Waals surface area contributed by atoms with Crippen LogP contribution in [0.3, 0.4) is 0 Å². The Balaban J connectivity index is 3.01. The largest absolute Gasteiger partial charge is 0.356 e. The lowest BCUT2D eigenvalue weighted by Crippen LogP contribution is -2.31. The van der Waals surface area contributed by atoms with Gasteiger partial charge in [0.1, 0.15) is 5.82 Å². The lowest BCUT2D eigenvalue weighted by atomic mass is 10.1. The van der Waals surface area contributed by atoms with E-state index in [1.54, 1.807) is 6.20 Å². The van der Waals surface area contributed by atoms with Crippen molar-refractivity contribution < 1.29 is 0 Å². The Morgan fingerprint density at radius 1 is 1.53 bits per heavy atom. The predicted molar refractivity (Wildman–Crippen MR) is 69.8 cm³/mol. The molecule has 0 saturated carbocycles. The molecule has 0 spiro atoms. The van der Waals surface area contributed by atoms with E-state index in [1.807, 2.05) is 27.1 Å². The first kappa shape index (κ1) is 13.5. The standard InChI is InChI=1S/C13H20N4/c1-10(7-8-14)17(4)13-12(11(2)15-3)6-5-9-16-13/h5-6,9-11,15H,7H2,1-4H3. The summed E-state index contributed by atoms with van der Waals surface area (Å²) >= 11 is 0. The zero-order chi connectivity index (χ0) is 12.8. The first-order chi connectivity index (χ1) is 8.11. The lowest BCUT2D eigenvalue weighted by Gasteiger charge is -2.27. The van der Waals surface area contributed by atoms with E-state index in [0.717, 1.165) is 11.4 Å². The van der Waals surface area contributed by atoms with Crippen molar-refractivity contribution in [3.63, 3.8) is 0 Å². The Morgan fingerprint density at radius 2 is 2.24 bits per heavy atom. The number of aromatic nitrogens is 1. The fourth-order valence-electron chi connectivity index (χ4n) is 1.68. The molecule has 0 amide bonds. The van der Waals surface area contributed by atoms with Crippen molar-refractivity contribution in [2.75, 3.05) is 19.0 Å². The second-order valence-electron chi connectivity index (χ2n) is 4.25. The van der Waals surface area contributed by atoms with E-state index >= 15 is 0 Å². The molecule has 2 atom stereocenters. The van der Waals surface area contributed by atoms with E-state index in [4.69, 9.17) is 5.26 Å². The number of nitrogens with zero attached hydrogens (tertiary/aromatic N) is 3. The lowest BCUT2D eigenvalue weighted by molar-refractivity contribution is 0.633. The van der Waals surface area contributed by atoms with E-state index in [-0.39, 0.29) is 12.1 Å². The van der Waals surface area contributed by atoms with E-state index < -0.39 is 0 Å². The Morgan fingerprint density at radius 3 is 2.82 bits per heavy atom. The zero-order valence-corrected chi connectivity index (χ0v) is 10.9. The summed E-state index contributed by atoms with van der Waals surface area (Å²) in [5, 5.41) is 12.0. The summed E-state index contributed by atoms with van der Waals surface area (Å²) in [6, 6.07) is 6.61. The average molecular weight is 232 g/mol. The molecule has 4 nitrogen and oxygen atoms in total. The topological polar surface area (TPSA) is 52.0 Å². The molecular formula is C13H20N4. The van der Waals surface area contributed by atoms with Gasteiger partial charge in [0.2, 0.25) is 0 Å². The van der Waals surface area contributed by atoms with Crippen molar-refractivity contribution in [3.05, 3.63) is 23.9 Å². The summed E-state index contributed by atoms with van der Waals surface area (Å²) in [5.41, 5.74) is 1.15. The van der Waals surface area contributed by atoms with Crippen molar-refractivity contribution in [1.29, 1.82) is 5.26 Å². The van der Waals surface area contributed by atoms with Crippen molar-refractivity contribution in [3.8, 4) is 6.07 Å². The summed E-state index contributed by atoms with van der Waals surface area (Å²) in [6.07, 6.45) is 2.29. The summed E-state index contributed by atoms with van der Waals surface area (Å²) in [4.78, 5) is 6.49. The van der Waals surface area contributed by atoms with Crippen LogP contribution in [0.25, 0.3) is 0 Å². The smallest absolute Gasteiger partial charge is 0.133 e. The maximum atomic E-state index is 8.75. The van der Waals surface area contributed by atoms with Gasteiger partial charge in [-0.15, -0.1) is 0 Å². The van der Waals surface area contributed by atoms with Gasteiger partial charge in [0.15, 0.2) is 0 Å². The predicted octanol–water partition coefficient (Wildman–Crippen LogP) is 2.10. The van der Waals surface area contributed by atoms with Gasteiger partial charge >= 0.3 is 0 Å². The van der Waals surface area contributed by atoms with E-state index in [0.29, 0.717) is 6.42 Å². The van der Waals surface area contributed by atoms with Crippen molar-refractivity contribution >= 4 is 5.82 Å². The number of pyridine rings is 1. The highest BCUT2D eigenvalue weighted by atomic mass is 15.2. The SMILES string of the molecule is CNC(C)c1cccnc1N(C)C(C)CC#N. The van der Waals surface area contributed by atoms with Gasteiger partial charge in [0, 0.05) is 30.9 Å². The van der Waals surface area contributed by atoms with Crippen LogP contribution in [0.15, 0.2) is 18.3 Å². The third-order valence-corrected chi connectivity index (χ3v) is 3.10. The van der Waals surface area contributed by atoms with Gasteiger partial charge in [0.05, 0.1) is 12.5 Å². The van der Waals surface area contributed by atoms with Gasteiger partial charge in [0.25, 0.3) is 0 Å². The van der Waals surface area contributed by atoms with Crippen molar-refractivity contribution in [2.45, 2.75) is 32.4 Å². The van der Waals surface area contributed by atoms with Crippen LogP contribution in [0, 0.1) is 11.3 Å². The molecule has 0 saturated heterocycles. The molecule has 92 valence electrons. The van der Waals surface area contributed by atoms with Crippen LogP contribution in [-0.4, -0.2) is 25.1 Å². The quantitative estimate of drug-likeness (QED) is 0.844. The number of nitrogens with one attached hydrogen (secondary N) is 1. The van der Waals surface area contributed by atoms with Crippen LogP contribution in [0.5, 0.6) is 0 Å². The molecule has 1 aromatic heterocycles. The Kier molecular flexibility index (Phi) is 4.92. The molecule has 1 heterocycles. The minimum atomic E-state index is 0.165. The summed E-state index contributed by atoms with van der Waals surface area (Å²) in [6.45, 7) is 4.13. The van der Waals surface area contributed by atoms with E-state index in [1.165, 1.54) is 0 Å². The van der Waals surface area contributed by atoms with E-state index in [2.05, 4.69) is 34.3 Å². The highest BCUT2D eigenvalue weighted by Gasteiger charge is 2.16. The first-order valence-electron chi connectivity index (χ1n) is 5.83. The summed E-state index contributed by atoms with van der Waals surface area (Å²) in [7, 11) is 3.91. The minimum Gasteiger partial charge on any atom is -0.356 e. The van der Waals surface area contributed by atoms with Gasteiger partial charge in [-0.3, -0.25) is 0 Å². The third kappa shape index (κ3) is 3.18. The fourth-order valence-corrected chi connectivity index (χ4v) is 1.68. The van der Waals surface area contributed by atoms with Crippen LogP contribution in [0.4, 0.5) is 5.82 Å². The molecule has 1 rings (SSSR count). The Labute approximate surface area is 103 Å². The van der Waals surface area contributed by atoms with Crippen LogP contribution in [-0.2, 0) is 0 Å². The zero-order valence-electron chi connectivity index (χ0n) is 10.9. The van der Waals surface area contributed by atoms with Crippen LogP contribution >= 0.6 is 0 Å². The number of hydrogen-bond donors (Lipinski definition) is 1. The molecule has 0 aromatic carbocycles. The molecule has 0 radical (unpaired) electrons. The number of rotatable bonds is 5. The number of hydrogen-bond acceptors (Lipinski definition) is 4.